The van der Waals surface area contributed by atoms with Crippen molar-refractivity contribution in [2.45, 2.75) is 31.7 Å². The maximum Gasteiger partial charge on any atom is 0.270 e. The van der Waals surface area contributed by atoms with Gasteiger partial charge in [-0.2, -0.15) is 0 Å². The van der Waals surface area contributed by atoms with Crippen LogP contribution in [0, 0.1) is 0 Å². The van der Waals surface area contributed by atoms with Crippen LogP contribution in [0.2, 0.25) is 0 Å². The lowest BCUT2D eigenvalue weighted by atomic mass is 9.98. The largest absolute Gasteiger partial charge is 0.359 e. The Morgan fingerprint density at radius 1 is 0.846 bits per heavy atom. The second-order valence-corrected chi connectivity index (χ2v) is 6.68. The van der Waals surface area contributed by atoms with E-state index in [-0.39, 0.29) is 5.78 Å². The third-order valence-corrected chi connectivity index (χ3v) is 4.65. The lowest BCUT2D eigenvalue weighted by Crippen LogP contribution is -2.49. The lowest BCUT2D eigenvalue weighted by molar-refractivity contribution is 0.0933. The SMILES string of the molecule is O=C(NNC(=S)NC1CCCC1)c1ccccc1C(=O)c1ccccc1. The molecule has 1 amide bonds. The summed E-state index contributed by atoms with van der Waals surface area (Å²) in [5.41, 5.74) is 6.50. The van der Waals surface area contributed by atoms with Crippen LogP contribution in [0.25, 0.3) is 0 Å². The molecular formula is C20H21N3O2S. The Morgan fingerprint density at radius 2 is 1.46 bits per heavy atom. The van der Waals surface area contributed by atoms with Gasteiger partial charge in [0.25, 0.3) is 5.91 Å². The van der Waals surface area contributed by atoms with E-state index in [1.807, 2.05) is 6.07 Å². The first-order valence-electron chi connectivity index (χ1n) is 8.71. The summed E-state index contributed by atoms with van der Waals surface area (Å²) < 4.78 is 0. The number of thiocarbonyl (C=S) groups is 1. The molecule has 3 N–H and O–H groups in total. The van der Waals surface area contributed by atoms with Crippen molar-refractivity contribution in [3.63, 3.8) is 0 Å². The zero-order valence-electron chi connectivity index (χ0n) is 14.3. The van der Waals surface area contributed by atoms with Gasteiger partial charge in [0.05, 0.1) is 5.56 Å². The molecule has 2 aromatic rings. The second-order valence-electron chi connectivity index (χ2n) is 6.27. The quantitative estimate of drug-likeness (QED) is 0.440. The molecule has 1 fully saturated rings. The van der Waals surface area contributed by atoms with Gasteiger partial charge in [0.1, 0.15) is 0 Å². The van der Waals surface area contributed by atoms with Crippen LogP contribution in [-0.2, 0) is 0 Å². The van der Waals surface area contributed by atoms with Crippen molar-refractivity contribution in [3.8, 4) is 0 Å². The van der Waals surface area contributed by atoms with Gasteiger partial charge in [-0.3, -0.25) is 20.4 Å². The van der Waals surface area contributed by atoms with Crippen LogP contribution in [0.15, 0.2) is 54.6 Å². The fourth-order valence-electron chi connectivity index (χ4n) is 3.10. The van der Waals surface area contributed by atoms with Crippen molar-refractivity contribution in [2.24, 2.45) is 0 Å². The third kappa shape index (κ3) is 4.46. The zero-order chi connectivity index (χ0) is 18.4. The van der Waals surface area contributed by atoms with Gasteiger partial charge in [-0.15, -0.1) is 0 Å². The molecule has 6 heteroatoms. The Kier molecular flexibility index (Phi) is 5.96. The van der Waals surface area contributed by atoms with Crippen LogP contribution in [0.4, 0.5) is 0 Å². The van der Waals surface area contributed by atoms with Gasteiger partial charge in [-0.05, 0) is 31.1 Å². The van der Waals surface area contributed by atoms with Crippen LogP contribution >= 0.6 is 12.2 Å². The Balaban J connectivity index is 1.66. The van der Waals surface area contributed by atoms with Crippen molar-refractivity contribution < 1.29 is 9.59 Å². The third-order valence-electron chi connectivity index (χ3n) is 4.43. The van der Waals surface area contributed by atoms with E-state index in [1.165, 1.54) is 12.8 Å². The first-order valence-corrected chi connectivity index (χ1v) is 9.11. The monoisotopic (exact) mass is 367 g/mol. The predicted molar refractivity (Wildman–Crippen MR) is 105 cm³/mol. The minimum absolute atomic E-state index is 0.192. The van der Waals surface area contributed by atoms with E-state index in [0.29, 0.717) is 27.8 Å². The molecule has 134 valence electrons. The number of hydrogen-bond acceptors (Lipinski definition) is 3. The normalized spacial score (nSPS) is 13.8. The second kappa shape index (κ2) is 8.58. The van der Waals surface area contributed by atoms with Gasteiger partial charge in [0.15, 0.2) is 10.9 Å². The molecule has 0 aliphatic heterocycles. The molecule has 0 atom stereocenters. The molecular weight excluding hydrogens is 346 g/mol. The number of amides is 1. The number of carbonyl (C=O) groups is 2. The molecule has 0 aromatic heterocycles. The molecule has 5 nitrogen and oxygen atoms in total. The van der Waals surface area contributed by atoms with Gasteiger partial charge < -0.3 is 5.32 Å². The number of hydrogen-bond donors (Lipinski definition) is 3. The number of rotatable bonds is 4. The Hall–Kier alpha value is -2.73. The number of nitrogens with one attached hydrogen (secondary N) is 3. The highest BCUT2D eigenvalue weighted by molar-refractivity contribution is 7.80. The van der Waals surface area contributed by atoms with Crippen molar-refractivity contribution in [3.05, 3.63) is 71.3 Å². The molecule has 0 saturated heterocycles. The average molecular weight is 367 g/mol. The van der Waals surface area contributed by atoms with Crippen LogP contribution in [0.5, 0.6) is 0 Å². The molecule has 0 heterocycles. The minimum atomic E-state index is -0.402. The smallest absolute Gasteiger partial charge is 0.270 e. The Morgan fingerprint density at radius 3 is 2.15 bits per heavy atom. The topological polar surface area (TPSA) is 70.2 Å². The molecule has 0 bridgehead atoms. The highest BCUT2D eigenvalue weighted by Crippen LogP contribution is 2.17. The van der Waals surface area contributed by atoms with Crippen molar-refractivity contribution in [1.29, 1.82) is 0 Å². The van der Waals surface area contributed by atoms with E-state index in [9.17, 15) is 9.59 Å². The fraction of sp³-hybridized carbons (Fsp3) is 0.250. The van der Waals surface area contributed by atoms with E-state index in [4.69, 9.17) is 12.2 Å². The predicted octanol–water partition coefficient (Wildman–Crippen LogP) is 2.97. The molecule has 1 aliphatic rings. The maximum absolute atomic E-state index is 12.7. The summed E-state index contributed by atoms with van der Waals surface area (Å²) in [6.45, 7) is 0. The van der Waals surface area contributed by atoms with E-state index in [1.54, 1.807) is 48.5 Å². The summed E-state index contributed by atoms with van der Waals surface area (Å²) in [5, 5.41) is 3.57. The Bertz CT molecular complexity index is 802. The summed E-state index contributed by atoms with van der Waals surface area (Å²) in [6, 6.07) is 16.0. The van der Waals surface area contributed by atoms with Gasteiger partial charge in [0, 0.05) is 17.2 Å². The number of hydrazine groups is 1. The first-order chi connectivity index (χ1) is 12.6. The summed E-state index contributed by atoms with van der Waals surface area (Å²) in [4.78, 5) is 25.2. The van der Waals surface area contributed by atoms with Crippen LogP contribution < -0.4 is 16.2 Å². The first kappa shape index (κ1) is 18.1. The minimum Gasteiger partial charge on any atom is -0.359 e. The van der Waals surface area contributed by atoms with Crippen molar-refractivity contribution >= 4 is 29.0 Å². The van der Waals surface area contributed by atoms with Gasteiger partial charge in [-0.1, -0.05) is 61.4 Å². The molecule has 0 unspecified atom stereocenters. The lowest BCUT2D eigenvalue weighted by Gasteiger charge is -2.16. The summed E-state index contributed by atoms with van der Waals surface area (Å²) in [5.74, 6) is -0.594. The number of carbonyl (C=O) groups excluding carboxylic acids is 2. The van der Waals surface area contributed by atoms with E-state index < -0.39 is 5.91 Å². The Labute approximate surface area is 158 Å². The summed E-state index contributed by atoms with van der Waals surface area (Å²) in [6.07, 6.45) is 4.57. The molecule has 0 spiro atoms. The standard InChI is InChI=1S/C20H21N3O2S/c24-18(14-8-2-1-3-9-14)16-12-6-7-13-17(16)19(25)22-23-20(26)21-15-10-4-5-11-15/h1-3,6-9,12-13,15H,4-5,10-11H2,(H,22,25)(H2,21,23,26). The van der Waals surface area contributed by atoms with E-state index in [2.05, 4.69) is 16.2 Å². The molecule has 1 saturated carbocycles. The average Bonchev–Trinajstić information content (AvgIpc) is 3.19. The zero-order valence-corrected chi connectivity index (χ0v) is 15.1. The highest BCUT2D eigenvalue weighted by Gasteiger charge is 2.19. The number of benzene rings is 2. The summed E-state index contributed by atoms with van der Waals surface area (Å²) in [7, 11) is 0. The van der Waals surface area contributed by atoms with Crippen molar-refractivity contribution in [2.75, 3.05) is 0 Å². The summed E-state index contributed by atoms with van der Waals surface area (Å²) >= 11 is 5.22. The highest BCUT2D eigenvalue weighted by atomic mass is 32.1. The molecule has 26 heavy (non-hydrogen) atoms. The fourth-order valence-corrected chi connectivity index (χ4v) is 3.31. The van der Waals surface area contributed by atoms with Crippen LogP contribution in [-0.4, -0.2) is 22.8 Å². The molecule has 3 rings (SSSR count). The van der Waals surface area contributed by atoms with Gasteiger partial charge in [0.2, 0.25) is 0 Å². The van der Waals surface area contributed by atoms with Gasteiger partial charge in [-0.25, -0.2) is 0 Å². The molecule has 2 aromatic carbocycles. The van der Waals surface area contributed by atoms with Crippen LogP contribution in [0.3, 0.4) is 0 Å². The molecule has 1 aliphatic carbocycles. The van der Waals surface area contributed by atoms with Gasteiger partial charge >= 0.3 is 0 Å². The van der Waals surface area contributed by atoms with E-state index >= 15 is 0 Å². The maximum atomic E-state index is 12.7. The van der Waals surface area contributed by atoms with Crippen molar-refractivity contribution in [1.82, 2.24) is 16.2 Å². The molecule has 0 radical (unpaired) electrons. The van der Waals surface area contributed by atoms with E-state index in [0.717, 1.165) is 12.8 Å². The van der Waals surface area contributed by atoms with Crippen LogP contribution in [0.1, 0.15) is 52.0 Å². The number of ketones is 1.